The molecular weight excluding hydrogens is 274 g/mol. The summed E-state index contributed by atoms with van der Waals surface area (Å²) in [6, 6.07) is 0. The van der Waals surface area contributed by atoms with Gasteiger partial charge < -0.3 is 23.4 Å². The van der Waals surface area contributed by atoms with Gasteiger partial charge in [0.25, 0.3) is 0 Å². The lowest BCUT2D eigenvalue weighted by molar-refractivity contribution is -0.319. The number of oxazole rings is 1. The van der Waals surface area contributed by atoms with E-state index in [1.54, 1.807) is 6.26 Å². The Labute approximate surface area is 124 Å². The number of ether oxygens (including phenoxy) is 4. The predicted molar refractivity (Wildman–Crippen MR) is 73.4 cm³/mol. The Balaban J connectivity index is 1.79. The SMILES string of the molecule is C[C@H]1OC(C)(C)O[C@@H]1[C@H]1C[C@H](c2cocn2)OC(C)(C)O1. The highest BCUT2D eigenvalue weighted by atomic mass is 16.8. The summed E-state index contributed by atoms with van der Waals surface area (Å²) in [6.45, 7) is 9.65. The molecule has 0 aliphatic carbocycles. The van der Waals surface area contributed by atoms with Crippen LogP contribution in [0.2, 0.25) is 0 Å². The molecule has 6 nitrogen and oxygen atoms in total. The number of nitrogens with zero attached hydrogens (tertiary/aromatic N) is 1. The van der Waals surface area contributed by atoms with Crippen LogP contribution < -0.4 is 0 Å². The first-order valence-electron chi connectivity index (χ1n) is 7.35. The van der Waals surface area contributed by atoms with Crippen LogP contribution in [0.1, 0.15) is 52.8 Å². The molecule has 2 aliphatic rings. The van der Waals surface area contributed by atoms with E-state index in [0.29, 0.717) is 6.42 Å². The van der Waals surface area contributed by atoms with E-state index < -0.39 is 11.6 Å². The molecule has 4 atom stereocenters. The minimum Gasteiger partial charge on any atom is -0.451 e. The van der Waals surface area contributed by atoms with E-state index in [-0.39, 0.29) is 24.4 Å². The molecule has 0 bridgehead atoms. The molecule has 0 saturated carbocycles. The van der Waals surface area contributed by atoms with Crippen LogP contribution in [0.4, 0.5) is 0 Å². The predicted octanol–water partition coefficient (Wildman–Crippen LogP) is 2.80. The van der Waals surface area contributed by atoms with Crippen LogP contribution in [0.5, 0.6) is 0 Å². The molecule has 2 saturated heterocycles. The van der Waals surface area contributed by atoms with Crippen molar-refractivity contribution in [2.45, 2.75) is 77.0 Å². The maximum absolute atomic E-state index is 6.06. The molecule has 118 valence electrons. The topological polar surface area (TPSA) is 63.0 Å². The highest BCUT2D eigenvalue weighted by molar-refractivity contribution is 5.01. The van der Waals surface area contributed by atoms with Gasteiger partial charge in [-0.3, -0.25) is 0 Å². The molecular formula is C15H23NO5. The average Bonchev–Trinajstić information content (AvgIpc) is 2.94. The quantitative estimate of drug-likeness (QED) is 0.836. The highest BCUT2D eigenvalue weighted by Gasteiger charge is 2.48. The minimum absolute atomic E-state index is 0.0307. The lowest BCUT2D eigenvalue weighted by atomic mass is 9.99. The van der Waals surface area contributed by atoms with Gasteiger partial charge in [-0.05, 0) is 34.6 Å². The summed E-state index contributed by atoms with van der Waals surface area (Å²) in [6.07, 6.45) is 3.24. The third-order valence-electron chi connectivity index (χ3n) is 3.81. The molecule has 0 spiro atoms. The van der Waals surface area contributed by atoms with Gasteiger partial charge in [0, 0.05) is 6.42 Å². The standard InChI is InChI=1S/C15H23NO5/c1-9-13(21-14(2,3)18-9)12-6-11(10-7-17-8-16-10)19-15(4,5)20-12/h7-9,11-13H,6H2,1-5H3/t9-,11-,12-,13+/m1/s1. The molecule has 0 amide bonds. The first-order valence-corrected chi connectivity index (χ1v) is 7.35. The number of hydrogen-bond donors (Lipinski definition) is 0. The molecule has 0 aromatic carbocycles. The summed E-state index contributed by atoms with van der Waals surface area (Å²) in [7, 11) is 0. The van der Waals surface area contributed by atoms with E-state index in [1.165, 1.54) is 6.39 Å². The molecule has 21 heavy (non-hydrogen) atoms. The summed E-state index contributed by atoms with van der Waals surface area (Å²) in [5, 5.41) is 0. The van der Waals surface area contributed by atoms with Crippen LogP contribution >= 0.6 is 0 Å². The summed E-state index contributed by atoms with van der Waals surface area (Å²) in [5.41, 5.74) is 0.780. The minimum atomic E-state index is -0.706. The third kappa shape index (κ3) is 3.13. The van der Waals surface area contributed by atoms with Gasteiger partial charge in [0.15, 0.2) is 18.0 Å². The first kappa shape index (κ1) is 15.0. The maximum atomic E-state index is 6.06. The fourth-order valence-corrected chi connectivity index (χ4v) is 3.15. The van der Waals surface area contributed by atoms with Gasteiger partial charge in [0.2, 0.25) is 0 Å². The molecule has 1 aromatic rings. The van der Waals surface area contributed by atoms with Gasteiger partial charge in [0.1, 0.15) is 24.2 Å². The summed E-state index contributed by atoms with van der Waals surface area (Å²) >= 11 is 0. The van der Waals surface area contributed by atoms with Crippen molar-refractivity contribution < 1.29 is 23.4 Å². The van der Waals surface area contributed by atoms with Gasteiger partial charge in [-0.15, -0.1) is 0 Å². The van der Waals surface area contributed by atoms with E-state index in [1.807, 2.05) is 34.6 Å². The molecule has 6 heteroatoms. The number of rotatable bonds is 2. The van der Waals surface area contributed by atoms with Crippen molar-refractivity contribution in [1.29, 1.82) is 0 Å². The molecule has 2 aliphatic heterocycles. The van der Waals surface area contributed by atoms with Crippen LogP contribution in [0.15, 0.2) is 17.1 Å². The van der Waals surface area contributed by atoms with E-state index in [4.69, 9.17) is 23.4 Å². The Hall–Kier alpha value is -0.950. The smallest absolute Gasteiger partial charge is 0.180 e. The van der Waals surface area contributed by atoms with Crippen molar-refractivity contribution in [3.63, 3.8) is 0 Å². The zero-order valence-electron chi connectivity index (χ0n) is 13.2. The second-order valence-corrected chi connectivity index (χ2v) is 6.62. The largest absolute Gasteiger partial charge is 0.451 e. The summed E-state index contributed by atoms with van der Waals surface area (Å²) < 4.78 is 28.9. The van der Waals surface area contributed by atoms with Crippen molar-refractivity contribution in [3.8, 4) is 0 Å². The van der Waals surface area contributed by atoms with E-state index >= 15 is 0 Å². The van der Waals surface area contributed by atoms with Crippen molar-refractivity contribution >= 4 is 0 Å². The maximum Gasteiger partial charge on any atom is 0.180 e. The van der Waals surface area contributed by atoms with Crippen LogP contribution in [0.3, 0.4) is 0 Å². The molecule has 3 rings (SSSR count). The summed E-state index contributed by atoms with van der Waals surface area (Å²) in [4.78, 5) is 4.19. The fourth-order valence-electron chi connectivity index (χ4n) is 3.15. The van der Waals surface area contributed by atoms with Crippen molar-refractivity contribution in [1.82, 2.24) is 4.98 Å². The fraction of sp³-hybridized carbons (Fsp3) is 0.800. The van der Waals surface area contributed by atoms with Gasteiger partial charge in [-0.2, -0.15) is 0 Å². The summed E-state index contributed by atoms with van der Waals surface area (Å²) in [5.74, 6) is -1.29. The Kier molecular flexibility index (Phi) is 3.60. The first-order chi connectivity index (χ1) is 9.76. The number of hydrogen-bond acceptors (Lipinski definition) is 6. The van der Waals surface area contributed by atoms with Crippen molar-refractivity contribution in [2.75, 3.05) is 0 Å². The lowest BCUT2D eigenvalue weighted by Crippen LogP contribution is -2.48. The van der Waals surface area contributed by atoms with E-state index in [0.717, 1.165) is 5.69 Å². The van der Waals surface area contributed by atoms with Crippen molar-refractivity contribution in [2.24, 2.45) is 0 Å². The van der Waals surface area contributed by atoms with Gasteiger partial charge >= 0.3 is 0 Å². The number of aromatic nitrogens is 1. The van der Waals surface area contributed by atoms with E-state index in [2.05, 4.69) is 4.98 Å². The van der Waals surface area contributed by atoms with E-state index in [9.17, 15) is 0 Å². The normalized spacial score (nSPS) is 38.5. The zero-order valence-corrected chi connectivity index (χ0v) is 13.2. The second-order valence-electron chi connectivity index (χ2n) is 6.62. The van der Waals surface area contributed by atoms with Gasteiger partial charge in [-0.25, -0.2) is 4.98 Å². The molecule has 0 N–H and O–H groups in total. The van der Waals surface area contributed by atoms with Gasteiger partial charge in [0.05, 0.1) is 12.2 Å². The van der Waals surface area contributed by atoms with Crippen LogP contribution in [-0.4, -0.2) is 34.9 Å². The molecule has 3 heterocycles. The lowest BCUT2D eigenvalue weighted by Gasteiger charge is -2.42. The Morgan fingerprint density at radius 3 is 2.33 bits per heavy atom. The zero-order chi connectivity index (χ0) is 15.3. The second kappa shape index (κ2) is 5.05. The molecule has 0 radical (unpaired) electrons. The Bertz CT molecular complexity index is 484. The van der Waals surface area contributed by atoms with Gasteiger partial charge in [-0.1, -0.05) is 0 Å². The van der Waals surface area contributed by atoms with Crippen molar-refractivity contribution in [3.05, 3.63) is 18.4 Å². The molecule has 2 fully saturated rings. The van der Waals surface area contributed by atoms with Crippen LogP contribution in [-0.2, 0) is 18.9 Å². The van der Waals surface area contributed by atoms with Crippen LogP contribution in [0.25, 0.3) is 0 Å². The monoisotopic (exact) mass is 297 g/mol. The Morgan fingerprint density at radius 2 is 1.76 bits per heavy atom. The van der Waals surface area contributed by atoms with Crippen LogP contribution in [0, 0.1) is 0 Å². The average molecular weight is 297 g/mol. The molecule has 1 aromatic heterocycles. The Morgan fingerprint density at radius 1 is 1.05 bits per heavy atom. The third-order valence-corrected chi connectivity index (χ3v) is 3.81. The highest BCUT2D eigenvalue weighted by Crippen LogP contribution is 2.41. The molecule has 0 unspecified atom stereocenters.